The molecule has 0 aliphatic carbocycles. The topological polar surface area (TPSA) is 106 Å². The lowest BCUT2D eigenvalue weighted by atomic mass is 9.88. The number of nitrogens with zero attached hydrogens (tertiary/aromatic N) is 1. The summed E-state index contributed by atoms with van der Waals surface area (Å²) in [6.45, 7) is 1.70. The van der Waals surface area contributed by atoms with E-state index in [0.717, 1.165) is 0 Å². The third-order valence-corrected chi connectivity index (χ3v) is 6.14. The van der Waals surface area contributed by atoms with Crippen LogP contribution in [0.1, 0.15) is 33.6 Å². The summed E-state index contributed by atoms with van der Waals surface area (Å²) < 4.78 is 15.4. The monoisotopic (exact) mass is 483 g/mol. The highest BCUT2D eigenvalue weighted by Gasteiger charge is 2.34. The van der Waals surface area contributed by atoms with Crippen molar-refractivity contribution in [3.8, 4) is 11.5 Å². The molecule has 9 heteroatoms. The van der Waals surface area contributed by atoms with Gasteiger partial charge in [0.2, 0.25) is 5.91 Å². The maximum atomic E-state index is 13.0. The Hall–Kier alpha value is -3.59. The van der Waals surface area contributed by atoms with Crippen LogP contribution in [0.25, 0.3) is 0 Å². The van der Waals surface area contributed by atoms with Crippen LogP contribution in [-0.2, 0) is 9.53 Å². The fraction of sp³-hybridized carbons (Fsp3) is 0.423. The van der Waals surface area contributed by atoms with Gasteiger partial charge in [-0.25, -0.2) is 0 Å². The number of carbonyl (C=O) groups is 3. The number of methoxy groups -OCH3 is 3. The molecule has 1 atom stereocenters. The SMILES string of the molecule is COCCNC(=O)[C@H](NC(=O)c1cccc(OC)c1)C1CCN(C(=O)c2ccc(OC)cc2)CC1. The van der Waals surface area contributed by atoms with E-state index in [9.17, 15) is 14.4 Å². The number of ether oxygens (including phenoxy) is 3. The summed E-state index contributed by atoms with van der Waals surface area (Å²) in [6, 6.07) is 13.1. The van der Waals surface area contributed by atoms with E-state index in [1.54, 1.807) is 67.7 Å². The Morgan fingerprint density at radius 2 is 1.63 bits per heavy atom. The Morgan fingerprint density at radius 3 is 2.26 bits per heavy atom. The van der Waals surface area contributed by atoms with Gasteiger partial charge in [0.1, 0.15) is 17.5 Å². The molecule has 1 fully saturated rings. The van der Waals surface area contributed by atoms with Crippen LogP contribution in [0.3, 0.4) is 0 Å². The van der Waals surface area contributed by atoms with Crippen molar-refractivity contribution in [1.82, 2.24) is 15.5 Å². The molecule has 0 spiro atoms. The van der Waals surface area contributed by atoms with E-state index in [0.29, 0.717) is 61.7 Å². The molecule has 2 N–H and O–H groups in total. The van der Waals surface area contributed by atoms with Crippen molar-refractivity contribution in [2.45, 2.75) is 18.9 Å². The average Bonchev–Trinajstić information content (AvgIpc) is 2.91. The molecule has 2 aromatic rings. The molecule has 3 amide bonds. The number of benzene rings is 2. The first kappa shape index (κ1) is 26.0. The number of carbonyl (C=O) groups excluding carboxylic acids is 3. The molecule has 0 bridgehead atoms. The quantitative estimate of drug-likeness (QED) is 0.502. The van der Waals surface area contributed by atoms with E-state index in [-0.39, 0.29) is 23.6 Å². The summed E-state index contributed by atoms with van der Waals surface area (Å²) in [5.41, 5.74) is 0.996. The Balaban J connectivity index is 1.67. The maximum absolute atomic E-state index is 13.0. The summed E-state index contributed by atoms with van der Waals surface area (Å²) in [6.07, 6.45) is 1.17. The second-order valence-corrected chi connectivity index (χ2v) is 8.33. The van der Waals surface area contributed by atoms with Crippen molar-refractivity contribution in [2.24, 2.45) is 5.92 Å². The molecule has 3 rings (SSSR count). The van der Waals surface area contributed by atoms with E-state index >= 15 is 0 Å². The zero-order chi connectivity index (χ0) is 25.2. The minimum atomic E-state index is -0.733. The summed E-state index contributed by atoms with van der Waals surface area (Å²) >= 11 is 0. The first-order valence-corrected chi connectivity index (χ1v) is 11.6. The number of piperidine rings is 1. The van der Waals surface area contributed by atoms with Gasteiger partial charge in [0.25, 0.3) is 11.8 Å². The van der Waals surface area contributed by atoms with Gasteiger partial charge in [-0.05, 0) is 61.2 Å². The summed E-state index contributed by atoms with van der Waals surface area (Å²) in [4.78, 5) is 40.7. The van der Waals surface area contributed by atoms with Gasteiger partial charge in [0, 0.05) is 37.9 Å². The minimum absolute atomic E-state index is 0.0624. The van der Waals surface area contributed by atoms with Gasteiger partial charge in [0.05, 0.1) is 20.8 Å². The van der Waals surface area contributed by atoms with Crippen LogP contribution in [0.4, 0.5) is 0 Å². The smallest absolute Gasteiger partial charge is 0.253 e. The van der Waals surface area contributed by atoms with E-state index in [2.05, 4.69) is 10.6 Å². The molecular weight excluding hydrogens is 450 g/mol. The first-order chi connectivity index (χ1) is 17.0. The van der Waals surface area contributed by atoms with Crippen molar-refractivity contribution in [3.05, 3.63) is 59.7 Å². The van der Waals surface area contributed by atoms with Gasteiger partial charge in [-0.15, -0.1) is 0 Å². The normalized spacial score (nSPS) is 14.7. The van der Waals surface area contributed by atoms with Crippen LogP contribution in [0.5, 0.6) is 11.5 Å². The van der Waals surface area contributed by atoms with Crippen LogP contribution in [-0.4, -0.2) is 76.2 Å². The largest absolute Gasteiger partial charge is 0.497 e. The van der Waals surface area contributed by atoms with Crippen LogP contribution >= 0.6 is 0 Å². The summed E-state index contributed by atoms with van der Waals surface area (Å²) in [5.74, 6) is 0.448. The molecule has 0 saturated carbocycles. The number of rotatable bonds is 10. The predicted octanol–water partition coefficient (Wildman–Crippen LogP) is 2.12. The second kappa shape index (κ2) is 12.8. The summed E-state index contributed by atoms with van der Waals surface area (Å²) in [7, 11) is 4.67. The third kappa shape index (κ3) is 6.95. The lowest BCUT2D eigenvalue weighted by Gasteiger charge is -2.36. The van der Waals surface area contributed by atoms with Gasteiger partial charge < -0.3 is 29.7 Å². The molecule has 9 nitrogen and oxygen atoms in total. The van der Waals surface area contributed by atoms with Gasteiger partial charge in [-0.1, -0.05) is 6.07 Å². The fourth-order valence-electron chi connectivity index (χ4n) is 4.12. The van der Waals surface area contributed by atoms with Crippen molar-refractivity contribution < 1.29 is 28.6 Å². The van der Waals surface area contributed by atoms with E-state index in [1.165, 1.54) is 7.11 Å². The van der Waals surface area contributed by atoms with Gasteiger partial charge in [-0.3, -0.25) is 14.4 Å². The highest BCUT2D eigenvalue weighted by atomic mass is 16.5. The molecule has 2 aromatic carbocycles. The molecule has 1 aliphatic rings. The van der Waals surface area contributed by atoms with Crippen molar-refractivity contribution in [3.63, 3.8) is 0 Å². The number of hydrogen-bond acceptors (Lipinski definition) is 6. The van der Waals surface area contributed by atoms with Crippen molar-refractivity contribution >= 4 is 17.7 Å². The molecular formula is C26H33N3O6. The highest BCUT2D eigenvalue weighted by Crippen LogP contribution is 2.24. The zero-order valence-electron chi connectivity index (χ0n) is 20.4. The maximum Gasteiger partial charge on any atom is 0.253 e. The van der Waals surface area contributed by atoms with E-state index < -0.39 is 6.04 Å². The Kier molecular flexibility index (Phi) is 9.48. The number of nitrogens with one attached hydrogen (secondary N) is 2. The predicted molar refractivity (Wildman–Crippen MR) is 131 cm³/mol. The lowest BCUT2D eigenvalue weighted by molar-refractivity contribution is -0.124. The second-order valence-electron chi connectivity index (χ2n) is 8.33. The third-order valence-electron chi connectivity index (χ3n) is 6.14. The van der Waals surface area contributed by atoms with Gasteiger partial charge in [-0.2, -0.15) is 0 Å². The molecule has 1 saturated heterocycles. The summed E-state index contributed by atoms with van der Waals surface area (Å²) in [5, 5.41) is 5.74. The molecule has 0 radical (unpaired) electrons. The van der Waals surface area contributed by atoms with Crippen LogP contribution in [0.2, 0.25) is 0 Å². The molecule has 1 heterocycles. The molecule has 1 aliphatic heterocycles. The fourth-order valence-corrected chi connectivity index (χ4v) is 4.12. The first-order valence-electron chi connectivity index (χ1n) is 11.6. The molecule has 0 aromatic heterocycles. The Morgan fingerprint density at radius 1 is 0.943 bits per heavy atom. The van der Waals surface area contributed by atoms with Gasteiger partial charge in [0.15, 0.2) is 0 Å². The van der Waals surface area contributed by atoms with Crippen molar-refractivity contribution in [2.75, 3.05) is 47.6 Å². The lowest BCUT2D eigenvalue weighted by Crippen LogP contribution is -2.54. The van der Waals surface area contributed by atoms with E-state index in [4.69, 9.17) is 14.2 Å². The molecule has 0 unspecified atom stereocenters. The molecule has 188 valence electrons. The van der Waals surface area contributed by atoms with Crippen LogP contribution < -0.4 is 20.1 Å². The van der Waals surface area contributed by atoms with Crippen LogP contribution in [0, 0.1) is 5.92 Å². The highest BCUT2D eigenvalue weighted by molar-refractivity contribution is 5.98. The number of amides is 3. The molecule has 35 heavy (non-hydrogen) atoms. The number of hydrogen-bond donors (Lipinski definition) is 2. The van der Waals surface area contributed by atoms with Gasteiger partial charge >= 0.3 is 0 Å². The Bertz CT molecular complexity index is 1000. The van der Waals surface area contributed by atoms with Crippen LogP contribution in [0.15, 0.2) is 48.5 Å². The standard InChI is InChI=1S/C26H33N3O6/c1-33-16-13-27-25(31)23(28-24(30)20-5-4-6-22(17-20)35-3)18-11-14-29(15-12-18)26(32)19-7-9-21(34-2)10-8-19/h4-10,17-18,23H,11-16H2,1-3H3,(H,27,31)(H,28,30)/t23-/m1/s1. The van der Waals surface area contributed by atoms with E-state index in [1.807, 2.05) is 0 Å². The van der Waals surface area contributed by atoms with Crippen molar-refractivity contribution in [1.29, 1.82) is 0 Å². The average molecular weight is 484 g/mol. The number of likely N-dealkylation sites (tertiary alicyclic amines) is 1. The Labute approximate surface area is 205 Å². The zero-order valence-corrected chi connectivity index (χ0v) is 20.4. The minimum Gasteiger partial charge on any atom is -0.497 e.